The summed E-state index contributed by atoms with van der Waals surface area (Å²) in [6.45, 7) is 3.82. The Balaban J connectivity index is 1.51. The van der Waals surface area contributed by atoms with Gasteiger partial charge >= 0.3 is 0 Å². The molecule has 0 spiro atoms. The third-order valence-corrected chi connectivity index (χ3v) is 9.72. The van der Waals surface area contributed by atoms with Gasteiger partial charge in [-0.25, -0.2) is 21.1 Å². The Morgan fingerprint density at radius 2 is 1.53 bits per heavy atom. The van der Waals surface area contributed by atoms with Crippen LogP contribution in [-0.4, -0.2) is 63.3 Å². The van der Waals surface area contributed by atoms with E-state index in [1.54, 1.807) is 35.5 Å². The first-order valence-electron chi connectivity index (χ1n) is 10.6. The number of piperidine rings is 2. The van der Waals surface area contributed by atoms with E-state index in [2.05, 4.69) is 5.32 Å². The lowest BCUT2D eigenvalue weighted by atomic mass is 9.97. The number of carbonyl (C=O) groups excluding carboxylic acids is 1. The average Bonchev–Trinajstić information content (AvgIpc) is 2.78. The van der Waals surface area contributed by atoms with Gasteiger partial charge in [0.2, 0.25) is 26.0 Å². The summed E-state index contributed by atoms with van der Waals surface area (Å²) in [7, 11) is -6.66. The Morgan fingerprint density at radius 1 is 0.933 bits per heavy atom. The van der Waals surface area contributed by atoms with E-state index in [1.165, 1.54) is 4.31 Å². The van der Waals surface area contributed by atoms with Gasteiger partial charge in [-0.05, 0) is 50.3 Å². The molecular weight excluding hydrogens is 426 g/mol. The van der Waals surface area contributed by atoms with Crippen molar-refractivity contribution in [2.75, 3.05) is 31.9 Å². The van der Waals surface area contributed by atoms with Crippen LogP contribution in [0.25, 0.3) is 0 Å². The van der Waals surface area contributed by atoms with Crippen LogP contribution in [0.5, 0.6) is 0 Å². The van der Waals surface area contributed by atoms with Gasteiger partial charge < -0.3 is 5.32 Å². The summed E-state index contributed by atoms with van der Waals surface area (Å²) in [5, 5.41) is 2.89. The zero-order valence-corrected chi connectivity index (χ0v) is 19.1. The molecule has 1 aromatic rings. The molecule has 2 aliphatic heterocycles. The number of sulfonamides is 2. The van der Waals surface area contributed by atoms with Crippen molar-refractivity contribution < 1.29 is 21.6 Å². The second-order valence-electron chi connectivity index (χ2n) is 7.90. The molecule has 0 saturated carbocycles. The molecule has 0 aromatic heterocycles. The fraction of sp³-hybridized carbons (Fsp3) is 0.650. The van der Waals surface area contributed by atoms with Crippen molar-refractivity contribution in [2.24, 2.45) is 5.92 Å². The number of rotatable bonds is 7. The van der Waals surface area contributed by atoms with Crippen LogP contribution >= 0.6 is 0 Å². The van der Waals surface area contributed by atoms with Gasteiger partial charge in [0.25, 0.3) is 0 Å². The van der Waals surface area contributed by atoms with E-state index in [-0.39, 0.29) is 22.5 Å². The summed E-state index contributed by atoms with van der Waals surface area (Å²) >= 11 is 0. The summed E-state index contributed by atoms with van der Waals surface area (Å²) in [6, 6.07) is 6.65. The van der Waals surface area contributed by atoms with E-state index in [4.69, 9.17) is 0 Å². The lowest BCUT2D eigenvalue weighted by molar-refractivity contribution is -0.126. The normalized spacial score (nSPS) is 20.2. The van der Waals surface area contributed by atoms with Gasteiger partial charge in [0.1, 0.15) is 0 Å². The quantitative estimate of drug-likeness (QED) is 0.669. The fourth-order valence-corrected chi connectivity index (χ4v) is 6.60. The maximum Gasteiger partial charge on any atom is 0.243 e. The predicted molar refractivity (Wildman–Crippen MR) is 115 cm³/mol. The van der Waals surface area contributed by atoms with Gasteiger partial charge in [0.05, 0.1) is 10.6 Å². The first-order chi connectivity index (χ1) is 14.2. The minimum atomic E-state index is -3.45. The van der Waals surface area contributed by atoms with Crippen LogP contribution in [0.3, 0.4) is 0 Å². The van der Waals surface area contributed by atoms with Crippen LogP contribution in [0.2, 0.25) is 0 Å². The standard InChI is InChI=1S/C20H31N3O5S2/c1-2-29(25,26)22-14-10-18(11-15-22)20(24)21-16-17-6-8-19(9-7-17)30(27,28)23-12-4-3-5-13-23/h6-9,18H,2-5,10-16H2,1H3,(H,21,24). The number of amides is 1. The smallest absolute Gasteiger partial charge is 0.243 e. The van der Waals surface area contributed by atoms with Gasteiger partial charge in [-0.3, -0.25) is 4.79 Å². The largest absolute Gasteiger partial charge is 0.352 e. The van der Waals surface area contributed by atoms with E-state index in [1.807, 2.05) is 0 Å². The topological polar surface area (TPSA) is 104 Å². The predicted octanol–water partition coefficient (Wildman–Crippen LogP) is 1.54. The highest BCUT2D eigenvalue weighted by Gasteiger charge is 2.30. The van der Waals surface area contributed by atoms with Crippen molar-refractivity contribution in [3.8, 4) is 0 Å². The molecular formula is C20H31N3O5S2. The Bertz CT molecular complexity index is 931. The van der Waals surface area contributed by atoms with Gasteiger partial charge in [-0.1, -0.05) is 18.6 Å². The minimum Gasteiger partial charge on any atom is -0.352 e. The molecule has 1 amide bonds. The SMILES string of the molecule is CCS(=O)(=O)N1CCC(C(=O)NCc2ccc(S(=O)(=O)N3CCCCC3)cc2)CC1. The Labute approximate surface area is 179 Å². The Morgan fingerprint density at radius 3 is 2.10 bits per heavy atom. The second-order valence-corrected chi connectivity index (χ2v) is 12.1. The Kier molecular flexibility index (Phi) is 7.54. The van der Waals surface area contributed by atoms with Crippen LogP contribution in [0.15, 0.2) is 29.2 Å². The summed E-state index contributed by atoms with van der Waals surface area (Å²) in [4.78, 5) is 12.7. The summed E-state index contributed by atoms with van der Waals surface area (Å²) in [6.07, 6.45) is 3.88. The molecule has 0 unspecified atom stereocenters. The summed E-state index contributed by atoms with van der Waals surface area (Å²) in [5.41, 5.74) is 0.826. The van der Waals surface area contributed by atoms with Crippen LogP contribution < -0.4 is 5.32 Å². The first-order valence-corrected chi connectivity index (χ1v) is 13.6. The molecule has 2 aliphatic rings. The molecule has 8 nitrogen and oxygen atoms in total. The van der Waals surface area contributed by atoms with Crippen molar-refractivity contribution in [2.45, 2.75) is 50.5 Å². The fourth-order valence-electron chi connectivity index (χ4n) is 3.95. The maximum atomic E-state index is 12.7. The molecule has 0 bridgehead atoms. The van der Waals surface area contributed by atoms with Crippen molar-refractivity contribution in [1.29, 1.82) is 0 Å². The lowest BCUT2D eigenvalue weighted by Crippen LogP contribution is -2.43. The first kappa shape index (κ1) is 23.2. The second kappa shape index (κ2) is 9.76. The third kappa shape index (κ3) is 5.40. The van der Waals surface area contributed by atoms with Crippen molar-refractivity contribution in [1.82, 2.24) is 13.9 Å². The van der Waals surface area contributed by atoms with E-state index in [0.717, 1.165) is 24.8 Å². The molecule has 168 valence electrons. The Hall–Kier alpha value is -1.49. The number of hydrogen-bond donors (Lipinski definition) is 1. The molecule has 0 atom stereocenters. The zero-order chi connectivity index (χ0) is 21.8. The molecule has 30 heavy (non-hydrogen) atoms. The van der Waals surface area contributed by atoms with Gasteiger partial charge in [0, 0.05) is 38.6 Å². The number of hydrogen-bond acceptors (Lipinski definition) is 5. The summed E-state index contributed by atoms with van der Waals surface area (Å²) < 4.78 is 52.2. The number of carbonyl (C=O) groups is 1. The molecule has 2 saturated heterocycles. The van der Waals surface area contributed by atoms with Crippen LogP contribution in [0, 0.1) is 5.92 Å². The highest BCUT2D eigenvalue weighted by Crippen LogP contribution is 2.22. The van der Waals surface area contributed by atoms with Crippen molar-refractivity contribution >= 4 is 26.0 Å². The molecule has 0 radical (unpaired) electrons. The molecule has 3 rings (SSSR count). The van der Waals surface area contributed by atoms with Crippen LogP contribution in [-0.2, 0) is 31.4 Å². The van der Waals surface area contributed by atoms with Crippen molar-refractivity contribution in [3.63, 3.8) is 0 Å². The van der Waals surface area contributed by atoms with Crippen LogP contribution in [0.4, 0.5) is 0 Å². The van der Waals surface area contributed by atoms with Gasteiger partial charge in [-0.2, -0.15) is 4.31 Å². The molecule has 0 aliphatic carbocycles. The lowest BCUT2D eigenvalue weighted by Gasteiger charge is -2.30. The van der Waals surface area contributed by atoms with E-state index < -0.39 is 20.0 Å². The maximum absolute atomic E-state index is 12.7. The van der Waals surface area contributed by atoms with E-state index in [9.17, 15) is 21.6 Å². The molecule has 2 heterocycles. The summed E-state index contributed by atoms with van der Waals surface area (Å²) in [5.74, 6) is -0.214. The van der Waals surface area contributed by atoms with Crippen LogP contribution in [0.1, 0.15) is 44.6 Å². The van der Waals surface area contributed by atoms with Gasteiger partial charge in [-0.15, -0.1) is 0 Å². The highest BCUT2D eigenvalue weighted by molar-refractivity contribution is 7.89. The zero-order valence-electron chi connectivity index (χ0n) is 17.4. The number of nitrogens with one attached hydrogen (secondary N) is 1. The molecule has 2 fully saturated rings. The van der Waals surface area contributed by atoms with E-state index >= 15 is 0 Å². The molecule has 1 aromatic carbocycles. The van der Waals surface area contributed by atoms with Gasteiger partial charge in [0.15, 0.2) is 0 Å². The van der Waals surface area contributed by atoms with E-state index in [0.29, 0.717) is 45.6 Å². The highest BCUT2D eigenvalue weighted by atomic mass is 32.2. The average molecular weight is 458 g/mol. The molecule has 1 N–H and O–H groups in total. The third-order valence-electron chi connectivity index (χ3n) is 5.93. The van der Waals surface area contributed by atoms with Crippen molar-refractivity contribution in [3.05, 3.63) is 29.8 Å². The molecule has 10 heteroatoms. The minimum absolute atomic E-state index is 0.0767. The number of benzene rings is 1. The number of nitrogens with zero attached hydrogens (tertiary/aromatic N) is 2. The monoisotopic (exact) mass is 457 g/mol.